The molecular weight excluding hydrogens is 358 g/mol. The second-order valence-corrected chi connectivity index (χ2v) is 6.10. The van der Waals surface area contributed by atoms with E-state index in [1.807, 2.05) is 31.2 Å². The predicted octanol–water partition coefficient (Wildman–Crippen LogP) is 2.67. The van der Waals surface area contributed by atoms with Gasteiger partial charge in [0, 0.05) is 17.7 Å². The molecule has 132 valence electrons. The van der Waals surface area contributed by atoms with Gasteiger partial charge in [-0.15, -0.1) is 10.2 Å². The first-order valence-electron chi connectivity index (χ1n) is 7.83. The molecule has 26 heavy (non-hydrogen) atoms. The van der Waals surface area contributed by atoms with Crippen LogP contribution in [0.4, 0.5) is 5.69 Å². The summed E-state index contributed by atoms with van der Waals surface area (Å²) in [4.78, 5) is 13.5. The highest BCUT2D eigenvalue weighted by Gasteiger charge is 2.18. The molecule has 1 aliphatic heterocycles. The number of amides is 1. The van der Waals surface area contributed by atoms with Crippen LogP contribution < -0.4 is 14.8 Å². The van der Waals surface area contributed by atoms with E-state index >= 15 is 0 Å². The molecular formula is C17H14ClN5O3. The predicted molar refractivity (Wildman–Crippen MR) is 94.2 cm³/mol. The number of halogens is 1. The number of carbonyl (C=O) groups is 1. The highest BCUT2D eigenvalue weighted by molar-refractivity contribution is 6.34. The Morgan fingerprint density at radius 3 is 2.85 bits per heavy atom. The van der Waals surface area contributed by atoms with Gasteiger partial charge in [-0.2, -0.15) is 4.80 Å². The summed E-state index contributed by atoms with van der Waals surface area (Å²) in [5, 5.41) is 15.3. The van der Waals surface area contributed by atoms with Crippen LogP contribution in [0.25, 0.3) is 11.4 Å². The number of benzene rings is 2. The van der Waals surface area contributed by atoms with Crippen molar-refractivity contribution in [2.75, 3.05) is 12.1 Å². The van der Waals surface area contributed by atoms with Crippen molar-refractivity contribution < 1.29 is 14.3 Å². The number of anilines is 1. The number of aromatic nitrogens is 4. The van der Waals surface area contributed by atoms with Gasteiger partial charge >= 0.3 is 0 Å². The maximum atomic E-state index is 12.3. The molecule has 0 fully saturated rings. The number of nitrogens with zero attached hydrogens (tertiary/aromatic N) is 4. The van der Waals surface area contributed by atoms with Gasteiger partial charge in [-0.1, -0.05) is 35.9 Å². The fourth-order valence-corrected chi connectivity index (χ4v) is 2.77. The van der Waals surface area contributed by atoms with E-state index in [0.29, 0.717) is 28.0 Å². The van der Waals surface area contributed by atoms with Crippen molar-refractivity contribution in [3.8, 4) is 22.9 Å². The topological polar surface area (TPSA) is 91.2 Å². The molecule has 9 heteroatoms. The Hall–Kier alpha value is -3.13. The maximum Gasteiger partial charge on any atom is 0.248 e. The van der Waals surface area contributed by atoms with Crippen LogP contribution in [0.5, 0.6) is 11.5 Å². The highest BCUT2D eigenvalue weighted by Crippen LogP contribution is 2.39. The summed E-state index contributed by atoms with van der Waals surface area (Å²) in [5.74, 6) is 1.22. The molecule has 4 rings (SSSR count). The SMILES string of the molecule is Cc1ccccc1-c1nnn(CC(=O)Nc2cc3c(cc2Cl)OCO3)n1. The molecule has 2 aromatic carbocycles. The lowest BCUT2D eigenvalue weighted by atomic mass is 10.1. The Balaban J connectivity index is 1.47. The lowest BCUT2D eigenvalue weighted by Gasteiger charge is -2.08. The van der Waals surface area contributed by atoms with Crippen LogP contribution in [-0.2, 0) is 11.3 Å². The van der Waals surface area contributed by atoms with Crippen molar-refractivity contribution in [3.63, 3.8) is 0 Å². The molecule has 0 radical (unpaired) electrons. The van der Waals surface area contributed by atoms with Crippen LogP contribution >= 0.6 is 11.6 Å². The van der Waals surface area contributed by atoms with E-state index < -0.39 is 0 Å². The Morgan fingerprint density at radius 2 is 2.04 bits per heavy atom. The van der Waals surface area contributed by atoms with Crippen LogP contribution in [0.1, 0.15) is 5.56 Å². The summed E-state index contributed by atoms with van der Waals surface area (Å²) in [5.41, 5.74) is 2.33. The smallest absolute Gasteiger partial charge is 0.248 e. The second kappa shape index (κ2) is 6.64. The van der Waals surface area contributed by atoms with Gasteiger partial charge in [0.15, 0.2) is 11.5 Å². The van der Waals surface area contributed by atoms with E-state index in [1.54, 1.807) is 12.1 Å². The molecule has 1 amide bonds. The molecule has 8 nitrogen and oxygen atoms in total. The van der Waals surface area contributed by atoms with Gasteiger partial charge in [-0.25, -0.2) is 0 Å². The van der Waals surface area contributed by atoms with E-state index in [1.165, 1.54) is 4.80 Å². The number of hydrogen-bond acceptors (Lipinski definition) is 6. The first-order chi connectivity index (χ1) is 12.6. The zero-order valence-corrected chi connectivity index (χ0v) is 14.5. The van der Waals surface area contributed by atoms with Crippen molar-refractivity contribution in [2.24, 2.45) is 0 Å². The number of tetrazole rings is 1. The van der Waals surface area contributed by atoms with Gasteiger partial charge < -0.3 is 14.8 Å². The summed E-state index contributed by atoms with van der Waals surface area (Å²) in [6.07, 6.45) is 0. The minimum atomic E-state index is -0.334. The number of carbonyl (C=O) groups excluding carboxylic acids is 1. The zero-order chi connectivity index (χ0) is 18.1. The lowest BCUT2D eigenvalue weighted by Crippen LogP contribution is -2.20. The molecule has 1 N–H and O–H groups in total. The van der Waals surface area contributed by atoms with Crippen molar-refractivity contribution in [3.05, 3.63) is 47.0 Å². The molecule has 0 atom stereocenters. The third kappa shape index (κ3) is 3.18. The number of rotatable bonds is 4. The summed E-state index contributed by atoms with van der Waals surface area (Å²) >= 11 is 6.16. The van der Waals surface area contributed by atoms with E-state index in [9.17, 15) is 4.79 Å². The first-order valence-corrected chi connectivity index (χ1v) is 8.21. The van der Waals surface area contributed by atoms with Crippen LogP contribution in [0.15, 0.2) is 36.4 Å². The number of fused-ring (bicyclic) bond motifs is 1. The van der Waals surface area contributed by atoms with Gasteiger partial charge in [0.1, 0.15) is 6.54 Å². The maximum absolute atomic E-state index is 12.3. The Kier molecular flexibility index (Phi) is 4.18. The average Bonchev–Trinajstić information content (AvgIpc) is 3.25. The van der Waals surface area contributed by atoms with Crippen molar-refractivity contribution >= 4 is 23.2 Å². The van der Waals surface area contributed by atoms with Gasteiger partial charge in [0.25, 0.3) is 0 Å². The molecule has 0 unspecified atom stereocenters. The van der Waals surface area contributed by atoms with Crippen molar-refractivity contribution in [2.45, 2.75) is 13.5 Å². The van der Waals surface area contributed by atoms with Gasteiger partial charge in [0.05, 0.1) is 10.7 Å². The monoisotopic (exact) mass is 371 g/mol. The summed E-state index contributed by atoms with van der Waals surface area (Å²) in [6.45, 7) is 2.00. The van der Waals surface area contributed by atoms with E-state index in [-0.39, 0.29) is 19.2 Å². The Morgan fingerprint density at radius 1 is 1.27 bits per heavy atom. The van der Waals surface area contributed by atoms with Crippen LogP contribution in [0.2, 0.25) is 5.02 Å². The summed E-state index contributed by atoms with van der Waals surface area (Å²) in [6, 6.07) is 10.9. The van der Waals surface area contributed by atoms with Crippen LogP contribution in [0, 0.1) is 6.92 Å². The van der Waals surface area contributed by atoms with Gasteiger partial charge in [-0.3, -0.25) is 4.79 Å². The summed E-state index contributed by atoms with van der Waals surface area (Å²) < 4.78 is 10.5. The fourth-order valence-electron chi connectivity index (χ4n) is 2.57. The fraction of sp³-hybridized carbons (Fsp3) is 0.176. The third-order valence-electron chi connectivity index (χ3n) is 3.86. The minimum absolute atomic E-state index is 0.0936. The molecule has 1 aliphatic rings. The number of nitrogens with one attached hydrogen (secondary N) is 1. The molecule has 1 aromatic heterocycles. The number of ether oxygens (including phenoxy) is 2. The van der Waals surface area contributed by atoms with E-state index in [0.717, 1.165) is 11.1 Å². The van der Waals surface area contributed by atoms with Crippen molar-refractivity contribution in [1.82, 2.24) is 20.2 Å². The summed E-state index contributed by atoms with van der Waals surface area (Å²) in [7, 11) is 0. The molecule has 0 spiro atoms. The first kappa shape index (κ1) is 16.3. The van der Waals surface area contributed by atoms with E-state index in [4.69, 9.17) is 21.1 Å². The quantitative estimate of drug-likeness (QED) is 0.758. The molecule has 2 heterocycles. The lowest BCUT2D eigenvalue weighted by molar-refractivity contribution is -0.117. The minimum Gasteiger partial charge on any atom is -0.454 e. The third-order valence-corrected chi connectivity index (χ3v) is 4.17. The standard InChI is InChI=1S/C17H14ClN5O3/c1-10-4-2-3-5-11(10)17-20-22-23(21-17)8-16(24)19-13-7-15-14(6-12(13)18)25-9-26-15/h2-7H,8-9H2,1H3,(H,19,24). The Labute approximate surface area is 153 Å². The van der Waals surface area contributed by atoms with Crippen LogP contribution in [0.3, 0.4) is 0 Å². The molecule has 0 saturated heterocycles. The number of aryl methyl sites for hydroxylation is 1. The average molecular weight is 372 g/mol. The number of hydrogen-bond donors (Lipinski definition) is 1. The van der Waals surface area contributed by atoms with E-state index in [2.05, 4.69) is 20.7 Å². The van der Waals surface area contributed by atoms with Gasteiger partial charge in [0.2, 0.25) is 18.5 Å². The highest BCUT2D eigenvalue weighted by atomic mass is 35.5. The van der Waals surface area contributed by atoms with Crippen LogP contribution in [-0.4, -0.2) is 32.9 Å². The normalized spacial score (nSPS) is 12.2. The van der Waals surface area contributed by atoms with Crippen molar-refractivity contribution in [1.29, 1.82) is 0 Å². The van der Waals surface area contributed by atoms with Gasteiger partial charge in [-0.05, 0) is 17.7 Å². The molecule has 3 aromatic rings. The molecule has 0 aliphatic carbocycles. The zero-order valence-electron chi connectivity index (χ0n) is 13.8. The molecule has 0 saturated carbocycles. The molecule has 0 bridgehead atoms. The Bertz CT molecular complexity index is 988. The second-order valence-electron chi connectivity index (χ2n) is 5.69. The largest absolute Gasteiger partial charge is 0.454 e.